The lowest BCUT2D eigenvalue weighted by atomic mass is 10.0. The van der Waals surface area contributed by atoms with E-state index in [2.05, 4.69) is 10.4 Å². The number of hydrogen-bond donors (Lipinski definition) is 4. The van der Waals surface area contributed by atoms with Gasteiger partial charge in [-0.2, -0.15) is 0 Å². The number of nitrogens with one attached hydrogen (secondary N) is 1. The fourth-order valence-corrected chi connectivity index (χ4v) is 3.20. The van der Waals surface area contributed by atoms with Gasteiger partial charge in [-0.3, -0.25) is 10.4 Å². The van der Waals surface area contributed by atoms with Gasteiger partial charge in [-0.05, 0) is 29.7 Å². The molecule has 0 spiro atoms. The van der Waals surface area contributed by atoms with E-state index in [1.165, 1.54) is 5.01 Å². The number of hydrogen-bond acceptors (Lipinski definition) is 5. The van der Waals surface area contributed by atoms with E-state index in [9.17, 15) is 9.90 Å². The SMILES string of the molecule is N[C@H](Cc1ccccc1)[C@@H](O)CN(Cc1ccc(-c2ccccn2)cc1)NC(=O)O. The number of rotatable bonds is 9. The van der Waals surface area contributed by atoms with Crippen molar-refractivity contribution in [3.8, 4) is 11.3 Å². The summed E-state index contributed by atoms with van der Waals surface area (Å²) in [6.07, 6.45) is 0.151. The summed E-state index contributed by atoms with van der Waals surface area (Å²) in [6, 6.07) is 22.6. The quantitative estimate of drug-likeness (QED) is 0.407. The third-order valence-corrected chi connectivity index (χ3v) is 4.76. The molecule has 5 N–H and O–H groups in total. The minimum atomic E-state index is -1.19. The monoisotopic (exact) mass is 406 g/mol. The van der Waals surface area contributed by atoms with Crippen LogP contribution in [0.15, 0.2) is 79.0 Å². The Kier molecular flexibility index (Phi) is 7.51. The minimum Gasteiger partial charge on any atom is -0.464 e. The highest BCUT2D eigenvalue weighted by molar-refractivity contribution is 5.63. The predicted octanol–water partition coefficient (Wildman–Crippen LogP) is 2.66. The van der Waals surface area contributed by atoms with E-state index >= 15 is 0 Å². The van der Waals surface area contributed by atoms with Crippen LogP contribution in [0.4, 0.5) is 4.79 Å². The van der Waals surface area contributed by atoms with E-state index in [1.807, 2.05) is 72.8 Å². The first kappa shape index (κ1) is 21.4. The number of nitrogens with zero attached hydrogens (tertiary/aromatic N) is 2. The molecular weight excluding hydrogens is 380 g/mol. The van der Waals surface area contributed by atoms with E-state index in [0.29, 0.717) is 13.0 Å². The number of nitrogens with two attached hydrogens (primary N) is 1. The summed E-state index contributed by atoms with van der Waals surface area (Å²) in [6.45, 7) is 0.367. The van der Waals surface area contributed by atoms with Crippen LogP contribution in [0.25, 0.3) is 11.3 Å². The molecule has 1 heterocycles. The van der Waals surface area contributed by atoms with Crippen molar-refractivity contribution in [2.24, 2.45) is 5.73 Å². The van der Waals surface area contributed by atoms with Crippen molar-refractivity contribution in [3.63, 3.8) is 0 Å². The first-order valence-corrected chi connectivity index (χ1v) is 9.73. The van der Waals surface area contributed by atoms with E-state index < -0.39 is 18.2 Å². The van der Waals surface area contributed by atoms with Gasteiger partial charge < -0.3 is 15.9 Å². The Morgan fingerprint density at radius 1 is 1.00 bits per heavy atom. The molecule has 3 rings (SSSR count). The summed E-state index contributed by atoms with van der Waals surface area (Å²) in [5, 5.41) is 21.1. The molecule has 0 fully saturated rings. The summed E-state index contributed by atoms with van der Waals surface area (Å²) in [7, 11) is 0. The minimum absolute atomic E-state index is 0.0717. The Labute approximate surface area is 175 Å². The van der Waals surface area contributed by atoms with Gasteiger partial charge in [0.25, 0.3) is 0 Å². The summed E-state index contributed by atoms with van der Waals surface area (Å²) < 4.78 is 0. The maximum Gasteiger partial charge on any atom is 0.419 e. The molecule has 0 bridgehead atoms. The molecule has 0 aliphatic heterocycles. The van der Waals surface area contributed by atoms with Gasteiger partial charge >= 0.3 is 6.09 Å². The molecular formula is C23H26N4O3. The molecule has 2 aromatic carbocycles. The second-order valence-electron chi connectivity index (χ2n) is 7.13. The fourth-order valence-electron chi connectivity index (χ4n) is 3.20. The molecule has 1 amide bonds. The van der Waals surface area contributed by atoms with Gasteiger partial charge in [0, 0.05) is 30.9 Å². The van der Waals surface area contributed by atoms with Crippen molar-refractivity contribution < 1.29 is 15.0 Å². The van der Waals surface area contributed by atoms with Crippen molar-refractivity contribution in [1.29, 1.82) is 0 Å². The number of aliphatic hydroxyl groups excluding tert-OH is 1. The Hall–Kier alpha value is -3.26. The molecule has 7 heteroatoms. The van der Waals surface area contributed by atoms with Crippen LogP contribution in [0.5, 0.6) is 0 Å². The van der Waals surface area contributed by atoms with Crippen molar-refractivity contribution in [2.75, 3.05) is 6.54 Å². The largest absolute Gasteiger partial charge is 0.464 e. The number of pyridine rings is 1. The summed E-state index contributed by atoms with van der Waals surface area (Å²) >= 11 is 0. The van der Waals surface area contributed by atoms with Crippen LogP contribution >= 0.6 is 0 Å². The Morgan fingerprint density at radius 2 is 1.70 bits per heavy atom. The van der Waals surface area contributed by atoms with E-state index in [1.54, 1.807) is 6.20 Å². The highest BCUT2D eigenvalue weighted by Crippen LogP contribution is 2.17. The molecule has 0 radical (unpaired) electrons. The van der Waals surface area contributed by atoms with E-state index in [4.69, 9.17) is 10.8 Å². The molecule has 0 aliphatic rings. The molecule has 0 saturated carbocycles. The third kappa shape index (κ3) is 6.38. The Balaban J connectivity index is 1.63. The van der Waals surface area contributed by atoms with Crippen LogP contribution < -0.4 is 11.2 Å². The molecule has 30 heavy (non-hydrogen) atoms. The lowest BCUT2D eigenvalue weighted by Gasteiger charge is -2.27. The average Bonchev–Trinajstić information content (AvgIpc) is 2.75. The van der Waals surface area contributed by atoms with E-state index in [-0.39, 0.29) is 6.54 Å². The number of aromatic nitrogens is 1. The summed E-state index contributed by atoms with van der Waals surface area (Å²) in [5.74, 6) is 0. The average molecular weight is 406 g/mol. The summed E-state index contributed by atoms with van der Waals surface area (Å²) in [4.78, 5) is 15.5. The zero-order valence-electron chi connectivity index (χ0n) is 16.6. The molecule has 3 aromatic rings. The van der Waals surface area contributed by atoms with Crippen LogP contribution in [0.3, 0.4) is 0 Å². The summed E-state index contributed by atoms with van der Waals surface area (Å²) in [5.41, 5.74) is 12.3. The maximum atomic E-state index is 11.2. The van der Waals surface area contributed by atoms with Crippen molar-refractivity contribution in [3.05, 3.63) is 90.1 Å². The van der Waals surface area contributed by atoms with Gasteiger partial charge in [0.15, 0.2) is 0 Å². The van der Waals surface area contributed by atoms with Crippen molar-refractivity contribution in [1.82, 2.24) is 15.4 Å². The number of carboxylic acid groups (broad SMARTS) is 1. The van der Waals surface area contributed by atoms with E-state index in [0.717, 1.165) is 22.4 Å². The highest BCUT2D eigenvalue weighted by Gasteiger charge is 2.20. The van der Waals surface area contributed by atoms with Crippen LogP contribution in [0, 0.1) is 0 Å². The molecule has 1 aromatic heterocycles. The topological polar surface area (TPSA) is 112 Å². The lowest BCUT2D eigenvalue weighted by molar-refractivity contribution is 0.0594. The molecule has 0 saturated heterocycles. The fraction of sp³-hybridized carbons (Fsp3) is 0.217. The first-order valence-electron chi connectivity index (χ1n) is 9.73. The molecule has 7 nitrogen and oxygen atoms in total. The van der Waals surface area contributed by atoms with Crippen molar-refractivity contribution in [2.45, 2.75) is 25.1 Å². The maximum absolute atomic E-state index is 11.2. The number of hydrazine groups is 1. The van der Waals surface area contributed by atoms with Gasteiger partial charge in [-0.1, -0.05) is 60.7 Å². The van der Waals surface area contributed by atoms with Gasteiger partial charge in [-0.25, -0.2) is 9.80 Å². The standard InChI is InChI=1S/C23H26N4O3/c24-20(14-17-6-2-1-3-7-17)22(28)16-27(26-23(29)30)15-18-9-11-19(12-10-18)21-8-4-5-13-25-21/h1-13,20,22,26,28H,14-16,24H2,(H,29,30)/t20-,22+/m1/s1. The van der Waals surface area contributed by atoms with Gasteiger partial charge in [0.05, 0.1) is 11.8 Å². The van der Waals surface area contributed by atoms with Crippen LogP contribution in [0.2, 0.25) is 0 Å². The number of amides is 1. The van der Waals surface area contributed by atoms with Gasteiger partial charge in [-0.15, -0.1) is 0 Å². The Morgan fingerprint density at radius 3 is 2.33 bits per heavy atom. The number of aliphatic hydroxyl groups is 1. The van der Waals surface area contributed by atoms with Gasteiger partial charge in [0.2, 0.25) is 0 Å². The van der Waals surface area contributed by atoms with Crippen molar-refractivity contribution >= 4 is 6.09 Å². The second kappa shape index (κ2) is 10.5. The van der Waals surface area contributed by atoms with Crippen LogP contribution in [-0.4, -0.2) is 45.0 Å². The number of carbonyl (C=O) groups is 1. The molecule has 2 atom stereocenters. The first-order chi connectivity index (χ1) is 14.5. The second-order valence-corrected chi connectivity index (χ2v) is 7.13. The zero-order chi connectivity index (χ0) is 21.3. The van der Waals surface area contributed by atoms with Crippen LogP contribution in [0.1, 0.15) is 11.1 Å². The normalized spacial score (nSPS) is 13.0. The van der Waals surface area contributed by atoms with Crippen LogP contribution in [-0.2, 0) is 13.0 Å². The molecule has 156 valence electrons. The smallest absolute Gasteiger partial charge is 0.419 e. The lowest BCUT2D eigenvalue weighted by Crippen LogP contribution is -2.50. The molecule has 0 aliphatic carbocycles. The zero-order valence-corrected chi connectivity index (χ0v) is 16.6. The highest BCUT2D eigenvalue weighted by atomic mass is 16.4. The number of benzene rings is 2. The molecule has 0 unspecified atom stereocenters. The van der Waals surface area contributed by atoms with Gasteiger partial charge in [0.1, 0.15) is 0 Å². The third-order valence-electron chi connectivity index (χ3n) is 4.76. The predicted molar refractivity (Wildman–Crippen MR) is 115 cm³/mol. The Bertz CT molecular complexity index is 920.